The third-order valence-corrected chi connectivity index (χ3v) is 2.69. The summed E-state index contributed by atoms with van der Waals surface area (Å²) in [7, 11) is 1.71. The molecule has 0 unspecified atom stereocenters. The van der Waals surface area contributed by atoms with Crippen molar-refractivity contribution in [1.29, 1.82) is 0 Å². The first kappa shape index (κ1) is 14.1. The van der Waals surface area contributed by atoms with Crippen molar-refractivity contribution in [3.05, 3.63) is 18.5 Å². The van der Waals surface area contributed by atoms with E-state index in [-0.39, 0.29) is 0 Å². The highest BCUT2D eigenvalue weighted by Gasteiger charge is 2.05. The topological polar surface area (TPSA) is 56.3 Å². The molecule has 1 aromatic heterocycles. The second-order valence-corrected chi connectivity index (χ2v) is 4.34. The molecule has 0 aromatic carbocycles. The summed E-state index contributed by atoms with van der Waals surface area (Å²) in [6, 6.07) is 1.93. The molecule has 1 rings (SSSR count). The van der Waals surface area contributed by atoms with Gasteiger partial charge in [0.1, 0.15) is 0 Å². The average Bonchev–Trinajstić information content (AvgIpc) is 2.80. The van der Waals surface area contributed by atoms with Crippen LogP contribution in [-0.2, 0) is 11.3 Å². The maximum atomic E-state index is 5.52. The van der Waals surface area contributed by atoms with Crippen molar-refractivity contribution < 1.29 is 4.74 Å². The zero-order chi connectivity index (χ0) is 12.5. The summed E-state index contributed by atoms with van der Waals surface area (Å²) in [6.07, 6.45) is 4.49. The summed E-state index contributed by atoms with van der Waals surface area (Å²) in [5.41, 5.74) is 5.52. The molecule has 0 aliphatic rings. The monoisotopic (exact) mass is 256 g/mol. The van der Waals surface area contributed by atoms with E-state index in [1.807, 2.05) is 16.9 Å². The Kier molecular flexibility index (Phi) is 6.76. The number of methoxy groups -OCH3 is 1. The van der Waals surface area contributed by atoms with Gasteiger partial charge in [0.25, 0.3) is 0 Å². The van der Waals surface area contributed by atoms with Crippen molar-refractivity contribution in [3.63, 3.8) is 0 Å². The molecule has 5 nitrogen and oxygen atoms in total. The second-order valence-electron chi connectivity index (χ2n) is 3.82. The SMILES string of the molecule is COCCN(CCC(N)=S)CCn1cccn1. The number of rotatable bonds is 9. The molecule has 17 heavy (non-hydrogen) atoms. The summed E-state index contributed by atoms with van der Waals surface area (Å²) in [4.78, 5) is 2.84. The highest BCUT2D eigenvalue weighted by molar-refractivity contribution is 7.80. The van der Waals surface area contributed by atoms with Gasteiger partial charge < -0.3 is 10.5 Å². The standard InChI is InChI=1S/C11H20N4OS/c1-16-10-9-14(6-3-11(12)17)7-8-15-5-2-4-13-15/h2,4-5H,3,6-10H2,1H3,(H2,12,17). The highest BCUT2D eigenvalue weighted by Crippen LogP contribution is 1.95. The minimum Gasteiger partial charge on any atom is -0.393 e. The van der Waals surface area contributed by atoms with Crippen LogP contribution in [0.2, 0.25) is 0 Å². The molecule has 1 heterocycles. The van der Waals surface area contributed by atoms with Crippen LogP contribution in [0, 0.1) is 0 Å². The number of nitrogens with two attached hydrogens (primary N) is 1. The fraction of sp³-hybridized carbons (Fsp3) is 0.636. The average molecular weight is 256 g/mol. The Morgan fingerprint density at radius 1 is 1.47 bits per heavy atom. The van der Waals surface area contributed by atoms with Crippen molar-refractivity contribution in [2.24, 2.45) is 5.73 Å². The lowest BCUT2D eigenvalue weighted by Gasteiger charge is -2.21. The molecule has 2 N–H and O–H groups in total. The minimum absolute atomic E-state index is 0.562. The van der Waals surface area contributed by atoms with Crippen LogP contribution in [0.15, 0.2) is 18.5 Å². The van der Waals surface area contributed by atoms with Gasteiger partial charge in [-0.2, -0.15) is 5.10 Å². The number of nitrogens with zero attached hydrogens (tertiary/aromatic N) is 3. The summed E-state index contributed by atoms with van der Waals surface area (Å²) >= 11 is 4.89. The number of hydrogen-bond acceptors (Lipinski definition) is 4. The zero-order valence-electron chi connectivity index (χ0n) is 10.2. The highest BCUT2D eigenvalue weighted by atomic mass is 32.1. The van der Waals surface area contributed by atoms with Crippen LogP contribution in [0.4, 0.5) is 0 Å². The van der Waals surface area contributed by atoms with Gasteiger partial charge in [-0.3, -0.25) is 9.58 Å². The van der Waals surface area contributed by atoms with Gasteiger partial charge in [-0.1, -0.05) is 12.2 Å². The van der Waals surface area contributed by atoms with E-state index >= 15 is 0 Å². The van der Waals surface area contributed by atoms with Crippen molar-refractivity contribution >= 4 is 17.2 Å². The number of ether oxygens (including phenoxy) is 1. The van der Waals surface area contributed by atoms with E-state index in [1.54, 1.807) is 13.3 Å². The minimum atomic E-state index is 0.562. The number of hydrogen-bond donors (Lipinski definition) is 1. The Labute approximate surface area is 108 Å². The molecule has 0 bridgehead atoms. The zero-order valence-corrected chi connectivity index (χ0v) is 11.0. The Bertz CT molecular complexity index is 315. The maximum absolute atomic E-state index is 5.52. The van der Waals surface area contributed by atoms with Crippen molar-refractivity contribution in [2.45, 2.75) is 13.0 Å². The smallest absolute Gasteiger partial charge is 0.0740 e. The van der Waals surface area contributed by atoms with E-state index in [9.17, 15) is 0 Å². The van der Waals surface area contributed by atoms with Crippen LogP contribution in [0.5, 0.6) is 0 Å². The van der Waals surface area contributed by atoms with Crippen LogP contribution in [0.25, 0.3) is 0 Å². The molecule has 0 amide bonds. The summed E-state index contributed by atoms with van der Waals surface area (Å²) in [5.74, 6) is 0. The van der Waals surface area contributed by atoms with E-state index < -0.39 is 0 Å². The third-order valence-electron chi connectivity index (χ3n) is 2.49. The summed E-state index contributed by atoms with van der Waals surface area (Å²) < 4.78 is 7.01. The van der Waals surface area contributed by atoms with E-state index in [0.29, 0.717) is 4.99 Å². The predicted molar refractivity (Wildman–Crippen MR) is 71.9 cm³/mol. The Balaban J connectivity index is 2.31. The van der Waals surface area contributed by atoms with Crippen LogP contribution >= 0.6 is 12.2 Å². The first-order chi connectivity index (χ1) is 8.22. The second kappa shape index (κ2) is 8.16. The molecule has 6 heteroatoms. The van der Waals surface area contributed by atoms with Crippen LogP contribution in [0.3, 0.4) is 0 Å². The normalized spacial score (nSPS) is 10.9. The van der Waals surface area contributed by atoms with Crippen molar-refractivity contribution in [1.82, 2.24) is 14.7 Å². The van der Waals surface area contributed by atoms with Gasteiger partial charge in [-0.25, -0.2) is 0 Å². The van der Waals surface area contributed by atoms with E-state index in [1.165, 1.54) is 0 Å². The van der Waals surface area contributed by atoms with Gasteiger partial charge in [0.15, 0.2) is 0 Å². The van der Waals surface area contributed by atoms with Gasteiger partial charge in [-0.05, 0) is 6.07 Å². The van der Waals surface area contributed by atoms with Crippen LogP contribution < -0.4 is 5.73 Å². The molecule has 1 aromatic rings. The fourth-order valence-corrected chi connectivity index (χ4v) is 1.59. The molecule has 0 fully saturated rings. The first-order valence-corrected chi connectivity index (χ1v) is 6.10. The Hall–Kier alpha value is -0.980. The molecule has 96 valence electrons. The van der Waals surface area contributed by atoms with Gasteiger partial charge in [-0.15, -0.1) is 0 Å². The van der Waals surface area contributed by atoms with Gasteiger partial charge in [0.2, 0.25) is 0 Å². The van der Waals surface area contributed by atoms with Crippen molar-refractivity contribution in [2.75, 3.05) is 33.4 Å². The van der Waals surface area contributed by atoms with Crippen LogP contribution in [0.1, 0.15) is 6.42 Å². The molecule has 0 spiro atoms. The molecule has 0 aliphatic carbocycles. The van der Waals surface area contributed by atoms with Crippen LogP contribution in [-0.4, -0.2) is 53.0 Å². The van der Waals surface area contributed by atoms with E-state index in [0.717, 1.165) is 39.2 Å². The molecular formula is C11H20N4OS. The van der Waals surface area contributed by atoms with Gasteiger partial charge >= 0.3 is 0 Å². The largest absolute Gasteiger partial charge is 0.393 e. The van der Waals surface area contributed by atoms with Crippen molar-refractivity contribution in [3.8, 4) is 0 Å². The van der Waals surface area contributed by atoms with Gasteiger partial charge in [0, 0.05) is 45.6 Å². The lowest BCUT2D eigenvalue weighted by molar-refractivity contribution is 0.146. The molecule has 0 atom stereocenters. The Morgan fingerprint density at radius 2 is 2.29 bits per heavy atom. The fourth-order valence-electron chi connectivity index (χ4n) is 1.50. The Morgan fingerprint density at radius 3 is 2.88 bits per heavy atom. The van der Waals surface area contributed by atoms with E-state index in [2.05, 4.69) is 10.00 Å². The quantitative estimate of drug-likeness (QED) is 0.652. The number of aromatic nitrogens is 2. The lowest BCUT2D eigenvalue weighted by atomic mass is 10.3. The lowest BCUT2D eigenvalue weighted by Crippen LogP contribution is -2.33. The summed E-state index contributed by atoms with van der Waals surface area (Å²) in [6.45, 7) is 4.28. The van der Waals surface area contributed by atoms with E-state index in [4.69, 9.17) is 22.7 Å². The molecular weight excluding hydrogens is 236 g/mol. The summed E-state index contributed by atoms with van der Waals surface area (Å²) in [5, 5.41) is 4.17. The predicted octanol–water partition coefficient (Wildman–Crippen LogP) is 0.508. The third kappa shape index (κ3) is 6.35. The number of thiocarbonyl (C=S) groups is 1. The van der Waals surface area contributed by atoms with Gasteiger partial charge in [0.05, 0.1) is 18.1 Å². The molecule has 0 saturated heterocycles. The molecule has 0 radical (unpaired) electrons. The molecule has 0 aliphatic heterocycles. The first-order valence-electron chi connectivity index (χ1n) is 5.69. The molecule has 0 saturated carbocycles. The maximum Gasteiger partial charge on any atom is 0.0740 e.